The molecule has 0 aliphatic heterocycles. The highest BCUT2D eigenvalue weighted by Crippen LogP contribution is 2.19. The summed E-state index contributed by atoms with van der Waals surface area (Å²) >= 11 is 0. The monoisotopic (exact) mass is 258 g/mol. The Morgan fingerprint density at radius 1 is 0.947 bits per heavy atom. The summed E-state index contributed by atoms with van der Waals surface area (Å²) in [5, 5.41) is 8.81. The minimum Gasteiger partial charge on any atom is -0.481 e. The predicted octanol–water partition coefficient (Wildman–Crippen LogP) is 2.73. The number of rotatable bonds is 6. The van der Waals surface area contributed by atoms with E-state index in [0.29, 0.717) is 17.1 Å². The maximum atomic E-state index is 10.7. The molecule has 1 N–H and O–H groups in total. The minimum atomic E-state index is -0.889. The highest BCUT2D eigenvalue weighted by Gasteiger charge is 2.07. The highest BCUT2D eigenvalue weighted by molar-refractivity contribution is 5.71. The van der Waals surface area contributed by atoms with Crippen LogP contribution < -0.4 is 9.47 Å². The molecule has 0 heterocycles. The van der Waals surface area contributed by atoms with E-state index < -0.39 is 5.97 Å². The lowest BCUT2D eigenvalue weighted by molar-refractivity contribution is -0.136. The number of ether oxygens (including phenoxy) is 2. The average molecular weight is 258 g/mol. The van der Waals surface area contributed by atoms with Crippen molar-refractivity contribution in [2.24, 2.45) is 0 Å². The van der Waals surface area contributed by atoms with Crippen LogP contribution in [0.3, 0.4) is 0 Å². The van der Waals surface area contributed by atoms with Gasteiger partial charge in [-0.1, -0.05) is 36.4 Å². The first-order valence-electron chi connectivity index (χ1n) is 5.86. The molecule has 2 rings (SSSR count). The third-order valence-corrected chi connectivity index (χ3v) is 2.50. The summed E-state index contributed by atoms with van der Waals surface area (Å²) in [6.07, 6.45) is -0.0679. The molecule has 0 spiro atoms. The van der Waals surface area contributed by atoms with E-state index in [9.17, 15) is 4.79 Å². The van der Waals surface area contributed by atoms with Crippen molar-refractivity contribution in [3.05, 3.63) is 60.2 Å². The zero-order valence-corrected chi connectivity index (χ0v) is 10.3. The van der Waals surface area contributed by atoms with Crippen molar-refractivity contribution in [2.75, 3.05) is 6.79 Å². The Labute approximate surface area is 111 Å². The number of hydrogen-bond acceptors (Lipinski definition) is 3. The van der Waals surface area contributed by atoms with Gasteiger partial charge < -0.3 is 14.6 Å². The lowest BCUT2D eigenvalue weighted by Gasteiger charge is -2.11. The van der Waals surface area contributed by atoms with Crippen LogP contribution in [-0.2, 0) is 11.2 Å². The maximum absolute atomic E-state index is 10.7. The Balaban J connectivity index is 1.94. The Kier molecular flexibility index (Phi) is 4.39. The molecule has 0 atom stereocenters. The second-order valence-corrected chi connectivity index (χ2v) is 3.90. The standard InChI is InChI=1S/C15H14O4/c16-15(17)10-12-6-4-5-9-14(12)19-11-18-13-7-2-1-3-8-13/h1-9H,10-11H2,(H,16,17). The number of carboxylic acid groups (broad SMARTS) is 1. The SMILES string of the molecule is O=C(O)Cc1ccccc1OCOc1ccccc1. The molecule has 0 bridgehead atoms. The van der Waals surface area contributed by atoms with Gasteiger partial charge in [-0.2, -0.15) is 0 Å². The molecule has 2 aromatic carbocycles. The van der Waals surface area contributed by atoms with Gasteiger partial charge in [-0.3, -0.25) is 4.79 Å². The number of hydrogen-bond donors (Lipinski definition) is 1. The van der Waals surface area contributed by atoms with Crippen LogP contribution in [0.1, 0.15) is 5.56 Å². The van der Waals surface area contributed by atoms with Gasteiger partial charge in [-0.05, 0) is 18.2 Å². The van der Waals surface area contributed by atoms with Gasteiger partial charge in [-0.15, -0.1) is 0 Å². The number of carbonyl (C=O) groups is 1. The smallest absolute Gasteiger partial charge is 0.307 e. The average Bonchev–Trinajstić information content (AvgIpc) is 2.41. The Morgan fingerprint density at radius 3 is 2.37 bits per heavy atom. The van der Waals surface area contributed by atoms with E-state index in [0.717, 1.165) is 0 Å². The molecule has 19 heavy (non-hydrogen) atoms. The fourth-order valence-corrected chi connectivity index (χ4v) is 1.63. The predicted molar refractivity (Wildman–Crippen MR) is 70.3 cm³/mol. The molecule has 0 radical (unpaired) electrons. The van der Waals surface area contributed by atoms with E-state index in [4.69, 9.17) is 14.6 Å². The maximum Gasteiger partial charge on any atom is 0.307 e. The summed E-state index contributed by atoms with van der Waals surface area (Å²) in [7, 11) is 0. The molecule has 0 saturated heterocycles. The molecule has 2 aromatic rings. The van der Waals surface area contributed by atoms with Crippen LogP contribution >= 0.6 is 0 Å². The Morgan fingerprint density at radius 2 is 1.63 bits per heavy atom. The molecule has 0 unspecified atom stereocenters. The van der Waals surface area contributed by atoms with Crippen molar-refractivity contribution in [2.45, 2.75) is 6.42 Å². The van der Waals surface area contributed by atoms with Crippen molar-refractivity contribution in [3.8, 4) is 11.5 Å². The van der Waals surface area contributed by atoms with Gasteiger partial charge in [0, 0.05) is 5.56 Å². The quantitative estimate of drug-likeness (QED) is 0.809. The molecule has 0 aliphatic carbocycles. The molecular weight excluding hydrogens is 244 g/mol. The van der Waals surface area contributed by atoms with Crippen LogP contribution in [0.5, 0.6) is 11.5 Å². The number of para-hydroxylation sites is 2. The zero-order valence-electron chi connectivity index (χ0n) is 10.3. The summed E-state index contributed by atoms with van der Waals surface area (Å²) in [6, 6.07) is 16.3. The molecule has 0 aromatic heterocycles. The molecular formula is C15H14O4. The van der Waals surface area contributed by atoms with Crippen LogP contribution in [0.2, 0.25) is 0 Å². The fourth-order valence-electron chi connectivity index (χ4n) is 1.63. The molecule has 0 fully saturated rings. The van der Waals surface area contributed by atoms with Gasteiger partial charge in [0.05, 0.1) is 6.42 Å². The van der Waals surface area contributed by atoms with Crippen molar-refractivity contribution in [1.29, 1.82) is 0 Å². The molecule has 0 amide bonds. The van der Waals surface area contributed by atoms with Gasteiger partial charge in [0.25, 0.3) is 0 Å². The van der Waals surface area contributed by atoms with E-state index in [1.165, 1.54) is 0 Å². The molecule has 0 aliphatic rings. The minimum absolute atomic E-state index is 0.0423. The summed E-state index contributed by atoms with van der Waals surface area (Å²) in [5.74, 6) is 0.346. The summed E-state index contributed by atoms with van der Waals surface area (Å²) in [6.45, 7) is 0.0423. The first-order valence-corrected chi connectivity index (χ1v) is 5.86. The first-order chi connectivity index (χ1) is 9.25. The van der Waals surface area contributed by atoms with Crippen molar-refractivity contribution in [1.82, 2.24) is 0 Å². The number of aliphatic carboxylic acids is 1. The van der Waals surface area contributed by atoms with Crippen LogP contribution in [0.25, 0.3) is 0 Å². The largest absolute Gasteiger partial charge is 0.481 e. The topological polar surface area (TPSA) is 55.8 Å². The van der Waals surface area contributed by atoms with E-state index in [2.05, 4.69) is 0 Å². The van der Waals surface area contributed by atoms with E-state index in [1.54, 1.807) is 24.3 Å². The lowest BCUT2D eigenvalue weighted by atomic mass is 10.1. The molecule has 4 nitrogen and oxygen atoms in total. The zero-order chi connectivity index (χ0) is 13.5. The first kappa shape index (κ1) is 13.0. The third-order valence-electron chi connectivity index (χ3n) is 2.50. The van der Waals surface area contributed by atoms with E-state index >= 15 is 0 Å². The summed E-state index contributed by atoms with van der Waals surface area (Å²) < 4.78 is 10.9. The second kappa shape index (κ2) is 6.44. The fraction of sp³-hybridized carbons (Fsp3) is 0.133. The molecule has 0 saturated carbocycles. The van der Waals surface area contributed by atoms with Gasteiger partial charge in [0.15, 0.2) is 0 Å². The third kappa shape index (κ3) is 4.03. The van der Waals surface area contributed by atoms with Crippen LogP contribution in [0.15, 0.2) is 54.6 Å². The van der Waals surface area contributed by atoms with Gasteiger partial charge >= 0.3 is 5.97 Å². The van der Waals surface area contributed by atoms with Gasteiger partial charge in [-0.25, -0.2) is 0 Å². The Hall–Kier alpha value is -2.49. The highest BCUT2D eigenvalue weighted by atomic mass is 16.7. The summed E-state index contributed by atoms with van der Waals surface area (Å²) in [4.78, 5) is 10.7. The van der Waals surface area contributed by atoms with E-state index in [-0.39, 0.29) is 13.2 Å². The lowest BCUT2D eigenvalue weighted by Crippen LogP contribution is -2.08. The van der Waals surface area contributed by atoms with Crippen molar-refractivity contribution < 1.29 is 19.4 Å². The van der Waals surface area contributed by atoms with Crippen molar-refractivity contribution >= 4 is 5.97 Å². The molecule has 98 valence electrons. The van der Waals surface area contributed by atoms with E-state index in [1.807, 2.05) is 30.3 Å². The summed E-state index contributed by atoms with van der Waals surface area (Å²) in [5.41, 5.74) is 0.631. The number of carboxylic acids is 1. The number of benzene rings is 2. The van der Waals surface area contributed by atoms with Crippen molar-refractivity contribution in [3.63, 3.8) is 0 Å². The van der Waals surface area contributed by atoms with Crippen LogP contribution in [0, 0.1) is 0 Å². The Bertz CT molecular complexity index is 537. The van der Waals surface area contributed by atoms with Gasteiger partial charge in [0.1, 0.15) is 11.5 Å². The second-order valence-electron chi connectivity index (χ2n) is 3.90. The molecule has 4 heteroatoms. The van der Waals surface area contributed by atoms with Crippen LogP contribution in [-0.4, -0.2) is 17.9 Å². The van der Waals surface area contributed by atoms with Gasteiger partial charge in [0.2, 0.25) is 6.79 Å². The van der Waals surface area contributed by atoms with Crippen LogP contribution in [0.4, 0.5) is 0 Å². The normalized spacial score (nSPS) is 9.89.